The van der Waals surface area contributed by atoms with Crippen LogP contribution in [0.25, 0.3) is 0 Å². The third-order valence-electron chi connectivity index (χ3n) is 6.07. The van der Waals surface area contributed by atoms with Crippen LogP contribution in [0.3, 0.4) is 0 Å². The number of likely N-dealkylation sites (tertiary alicyclic amines) is 1. The Bertz CT molecular complexity index is 931. The third kappa shape index (κ3) is 4.30. The van der Waals surface area contributed by atoms with Crippen molar-refractivity contribution in [2.24, 2.45) is 11.8 Å². The highest BCUT2D eigenvalue weighted by Gasteiger charge is 2.38. The van der Waals surface area contributed by atoms with Crippen LogP contribution in [-0.2, 0) is 22.4 Å². The maximum Gasteiger partial charge on any atom is 0.237 e. The molecule has 152 valence electrons. The van der Waals surface area contributed by atoms with E-state index in [4.69, 9.17) is 11.6 Å². The SMILES string of the molecule is CC1CC(Cc2ccc(F)cc2)CCN1C(=O)C1Cc2ccc(Cl)cc2NC1=O. The Hall–Kier alpha value is -2.40. The number of hydrogen-bond acceptors (Lipinski definition) is 2. The van der Waals surface area contributed by atoms with Crippen LogP contribution in [0.1, 0.15) is 30.9 Å². The Morgan fingerprint density at radius 1 is 1.24 bits per heavy atom. The number of fused-ring (bicyclic) bond motifs is 1. The second kappa shape index (κ2) is 8.15. The summed E-state index contributed by atoms with van der Waals surface area (Å²) in [5.74, 6) is -0.833. The van der Waals surface area contributed by atoms with E-state index >= 15 is 0 Å². The highest BCUT2D eigenvalue weighted by Crippen LogP contribution is 2.32. The summed E-state index contributed by atoms with van der Waals surface area (Å²) in [4.78, 5) is 27.6. The van der Waals surface area contributed by atoms with Gasteiger partial charge in [0.2, 0.25) is 11.8 Å². The maximum absolute atomic E-state index is 13.2. The van der Waals surface area contributed by atoms with Crippen molar-refractivity contribution in [2.75, 3.05) is 11.9 Å². The summed E-state index contributed by atoms with van der Waals surface area (Å²) < 4.78 is 13.1. The van der Waals surface area contributed by atoms with Crippen LogP contribution >= 0.6 is 11.6 Å². The number of anilines is 1. The first kappa shape index (κ1) is 19.9. The Kier molecular flexibility index (Phi) is 5.59. The molecule has 0 spiro atoms. The molecule has 0 radical (unpaired) electrons. The molecule has 4 nitrogen and oxygen atoms in total. The topological polar surface area (TPSA) is 49.4 Å². The molecule has 29 heavy (non-hydrogen) atoms. The largest absolute Gasteiger partial charge is 0.339 e. The number of nitrogens with one attached hydrogen (secondary N) is 1. The fraction of sp³-hybridized carbons (Fsp3) is 0.391. The van der Waals surface area contributed by atoms with E-state index in [2.05, 4.69) is 5.32 Å². The Labute approximate surface area is 175 Å². The van der Waals surface area contributed by atoms with E-state index in [1.165, 1.54) is 12.1 Å². The molecule has 2 amide bonds. The molecule has 4 rings (SSSR count). The van der Waals surface area contributed by atoms with Gasteiger partial charge in [-0.05, 0) is 73.9 Å². The molecule has 2 aromatic rings. The number of piperidine rings is 1. The van der Waals surface area contributed by atoms with Gasteiger partial charge in [0.1, 0.15) is 11.7 Å². The number of rotatable bonds is 3. The first-order valence-electron chi connectivity index (χ1n) is 10.0. The summed E-state index contributed by atoms with van der Waals surface area (Å²) in [5, 5.41) is 3.39. The molecule has 3 unspecified atom stereocenters. The lowest BCUT2D eigenvalue weighted by atomic mass is 9.85. The van der Waals surface area contributed by atoms with Gasteiger partial charge in [-0.3, -0.25) is 9.59 Å². The lowest BCUT2D eigenvalue weighted by Crippen LogP contribution is -2.51. The highest BCUT2D eigenvalue weighted by atomic mass is 35.5. The van der Waals surface area contributed by atoms with Crippen molar-refractivity contribution in [1.29, 1.82) is 0 Å². The summed E-state index contributed by atoms with van der Waals surface area (Å²) in [6.45, 7) is 2.69. The van der Waals surface area contributed by atoms with Crippen molar-refractivity contribution in [1.82, 2.24) is 4.90 Å². The monoisotopic (exact) mass is 414 g/mol. The number of nitrogens with zero attached hydrogens (tertiary/aromatic N) is 1. The Morgan fingerprint density at radius 2 is 2.00 bits per heavy atom. The van der Waals surface area contributed by atoms with E-state index in [1.807, 2.05) is 30.0 Å². The van der Waals surface area contributed by atoms with Crippen molar-refractivity contribution >= 4 is 29.1 Å². The fourth-order valence-corrected chi connectivity index (χ4v) is 4.68. The van der Waals surface area contributed by atoms with Crippen molar-refractivity contribution in [3.63, 3.8) is 0 Å². The van der Waals surface area contributed by atoms with E-state index in [1.54, 1.807) is 12.1 Å². The standard InChI is InChI=1S/C23H24ClFN2O2/c1-14-10-16(11-15-2-6-19(25)7-3-15)8-9-27(14)23(29)20-12-17-4-5-18(24)13-21(17)26-22(20)28/h2-7,13-14,16,20H,8-12H2,1H3,(H,26,28). The van der Waals surface area contributed by atoms with Gasteiger partial charge < -0.3 is 10.2 Å². The van der Waals surface area contributed by atoms with E-state index in [0.29, 0.717) is 29.6 Å². The van der Waals surface area contributed by atoms with Crippen molar-refractivity contribution in [2.45, 2.75) is 38.6 Å². The van der Waals surface area contributed by atoms with E-state index in [0.717, 1.165) is 30.4 Å². The molecule has 0 saturated carbocycles. The molecule has 0 bridgehead atoms. The van der Waals surface area contributed by atoms with Crippen LogP contribution in [0.5, 0.6) is 0 Å². The van der Waals surface area contributed by atoms with E-state index in [9.17, 15) is 14.0 Å². The average molecular weight is 415 g/mol. The molecule has 2 aliphatic rings. The van der Waals surface area contributed by atoms with Crippen LogP contribution in [0.4, 0.5) is 10.1 Å². The molecule has 2 aromatic carbocycles. The zero-order chi connectivity index (χ0) is 20.5. The Balaban J connectivity index is 1.40. The van der Waals surface area contributed by atoms with Gasteiger partial charge in [-0.25, -0.2) is 4.39 Å². The van der Waals surface area contributed by atoms with Gasteiger partial charge in [0.25, 0.3) is 0 Å². The molecule has 1 fully saturated rings. The van der Waals surface area contributed by atoms with E-state index in [-0.39, 0.29) is 23.7 Å². The number of amides is 2. The predicted octanol–water partition coefficient (Wildman–Crippen LogP) is 4.46. The van der Waals surface area contributed by atoms with Gasteiger partial charge in [0.05, 0.1) is 0 Å². The smallest absolute Gasteiger partial charge is 0.237 e. The van der Waals surface area contributed by atoms with Gasteiger partial charge in [0.15, 0.2) is 0 Å². The molecular formula is C23H24ClFN2O2. The van der Waals surface area contributed by atoms with Gasteiger partial charge in [-0.1, -0.05) is 29.8 Å². The molecule has 2 heterocycles. The second-order valence-electron chi connectivity index (χ2n) is 8.15. The van der Waals surface area contributed by atoms with Gasteiger partial charge >= 0.3 is 0 Å². The minimum absolute atomic E-state index is 0.0705. The summed E-state index contributed by atoms with van der Waals surface area (Å²) in [6, 6.07) is 12.1. The number of halogens is 2. The minimum Gasteiger partial charge on any atom is -0.339 e. The summed E-state index contributed by atoms with van der Waals surface area (Å²) in [6.07, 6.45) is 3.04. The molecule has 1 N–H and O–H groups in total. The molecule has 3 atom stereocenters. The lowest BCUT2D eigenvalue weighted by molar-refractivity contribution is -0.143. The molecule has 0 aromatic heterocycles. The maximum atomic E-state index is 13.2. The first-order valence-corrected chi connectivity index (χ1v) is 10.4. The van der Waals surface area contributed by atoms with Crippen LogP contribution in [0.2, 0.25) is 5.02 Å². The molecule has 6 heteroatoms. The zero-order valence-corrected chi connectivity index (χ0v) is 17.1. The number of carbonyl (C=O) groups is 2. The van der Waals surface area contributed by atoms with Gasteiger partial charge in [-0.2, -0.15) is 0 Å². The second-order valence-corrected chi connectivity index (χ2v) is 8.59. The van der Waals surface area contributed by atoms with Gasteiger partial charge in [-0.15, -0.1) is 0 Å². The summed E-state index contributed by atoms with van der Waals surface area (Å²) in [5.41, 5.74) is 2.74. The average Bonchev–Trinajstić information content (AvgIpc) is 2.69. The van der Waals surface area contributed by atoms with Crippen LogP contribution in [0.15, 0.2) is 42.5 Å². The van der Waals surface area contributed by atoms with Crippen molar-refractivity contribution < 1.29 is 14.0 Å². The summed E-state index contributed by atoms with van der Waals surface area (Å²) >= 11 is 6.00. The predicted molar refractivity (Wildman–Crippen MR) is 111 cm³/mol. The number of carbonyl (C=O) groups excluding carboxylic acids is 2. The number of benzene rings is 2. The van der Waals surface area contributed by atoms with Crippen molar-refractivity contribution in [3.8, 4) is 0 Å². The molecular weight excluding hydrogens is 391 g/mol. The molecule has 0 aliphatic carbocycles. The quantitative estimate of drug-likeness (QED) is 0.754. The van der Waals surface area contributed by atoms with E-state index < -0.39 is 5.92 Å². The van der Waals surface area contributed by atoms with Gasteiger partial charge in [0, 0.05) is 23.3 Å². The highest BCUT2D eigenvalue weighted by molar-refractivity contribution is 6.31. The first-order chi connectivity index (χ1) is 13.9. The zero-order valence-electron chi connectivity index (χ0n) is 16.3. The lowest BCUT2D eigenvalue weighted by Gasteiger charge is -2.40. The minimum atomic E-state index is -0.695. The third-order valence-corrected chi connectivity index (χ3v) is 6.31. The van der Waals surface area contributed by atoms with Crippen LogP contribution < -0.4 is 5.32 Å². The Morgan fingerprint density at radius 3 is 2.72 bits per heavy atom. The number of hydrogen-bond donors (Lipinski definition) is 1. The van der Waals surface area contributed by atoms with Crippen LogP contribution in [0, 0.1) is 17.7 Å². The van der Waals surface area contributed by atoms with Crippen LogP contribution in [-0.4, -0.2) is 29.3 Å². The normalized spacial score (nSPS) is 24.0. The fourth-order valence-electron chi connectivity index (χ4n) is 4.51. The molecule has 1 saturated heterocycles. The summed E-state index contributed by atoms with van der Waals surface area (Å²) in [7, 11) is 0. The van der Waals surface area contributed by atoms with Crippen molar-refractivity contribution in [3.05, 3.63) is 64.4 Å². The molecule has 2 aliphatic heterocycles.